The number of hydrogen-bond acceptors (Lipinski definition) is 1. The van der Waals surface area contributed by atoms with Crippen LogP contribution in [-0.4, -0.2) is 11.2 Å². The van der Waals surface area contributed by atoms with Crippen LogP contribution in [0.1, 0.15) is 47.5 Å². The first-order valence-electron chi connectivity index (χ1n) is 5.87. The minimum atomic E-state index is -0.333. The van der Waals surface area contributed by atoms with Gasteiger partial charge in [-0.3, -0.25) is 0 Å². The van der Waals surface area contributed by atoms with Crippen molar-refractivity contribution < 1.29 is 5.11 Å². The van der Waals surface area contributed by atoms with E-state index in [-0.39, 0.29) is 17.4 Å². The summed E-state index contributed by atoms with van der Waals surface area (Å²) in [4.78, 5) is 0. The van der Waals surface area contributed by atoms with E-state index in [1.165, 1.54) is 24.0 Å². The van der Waals surface area contributed by atoms with E-state index in [0.717, 1.165) is 0 Å². The molecule has 1 heteroatoms. The standard InChI is InChI=1S/C14H24O/c1-6-7-12(15)13-11(3)10(2)8-9-14(13,4)5/h6-7,12-13,15H,8-9H2,1-5H3/b7-6+. The Morgan fingerprint density at radius 3 is 2.53 bits per heavy atom. The Kier molecular flexibility index (Phi) is 3.77. The lowest BCUT2D eigenvalue weighted by molar-refractivity contribution is 0.0763. The van der Waals surface area contributed by atoms with E-state index < -0.39 is 0 Å². The van der Waals surface area contributed by atoms with Gasteiger partial charge in [0.25, 0.3) is 0 Å². The molecule has 0 amide bonds. The van der Waals surface area contributed by atoms with E-state index in [4.69, 9.17) is 0 Å². The summed E-state index contributed by atoms with van der Waals surface area (Å²) in [5.74, 6) is 0.280. The number of aliphatic hydroxyl groups excluding tert-OH is 1. The van der Waals surface area contributed by atoms with Crippen LogP contribution >= 0.6 is 0 Å². The van der Waals surface area contributed by atoms with Crippen molar-refractivity contribution in [2.75, 3.05) is 0 Å². The highest BCUT2D eigenvalue weighted by atomic mass is 16.3. The Labute approximate surface area is 93.9 Å². The van der Waals surface area contributed by atoms with Gasteiger partial charge in [0.1, 0.15) is 0 Å². The zero-order valence-electron chi connectivity index (χ0n) is 10.7. The third-order valence-corrected chi connectivity index (χ3v) is 3.86. The van der Waals surface area contributed by atoms with E-state index >= 15 is 0 Å². The summed E-state index contributed by atoms with van der Waals surface area (Å²) in [5.41, 5.74) is 3.06. The van der Waals surface area contributed by atoms with Crippen molar-refractivity contribution in [2.45, 2.75) is 53.6 Å². The first-order chi connectivity index (χ1) is 6.90. The van der Waals surface area contributed by atoms with Gasteiger partial charge in [0, 0.05) is 5.92 Å². The Hall–Kier alpha value is -0.560. The van der Waals surface area contributed by atoms with Crippen LogP contribution in [0.5, 0.6) is 0 Å². The summed E-state index contributed by atoms with van der Waals surface area (Å²) in [6.45, 7) is 10.9. The molecule has 1 aliphatic rings. The van der Waals surface area contributed by atoms with Crippen molar-refractivity contribution in [1.82, 2.24) is 0 Å². The molecule has 0 bridgehead atoms. The topological polar surface area (TPSA) is 20.2 Å². The molecular weight excluding hydrogens is 184 g/mol. The Bertz CT molecular complexity index is 284. The van der Waals surface area contributed by atoms with Crippen LogP contribution < -0.4 is 0 Å². The monoisotopic (exact) mass is 208 g/mol. The molecule has 0 fully saturated rings. The molecule has 15 heavy (non-hydrogen) atoms. The second-order valence-electron chi connectivity index (χ2n) is 5.45. The molecule has 0 saturated heterocycles. The molecule has 1 N–H and O–H groups in total. The first-order valence-corrected chi connectivity index (χ1v) is 5.87. The van der Waals surface area contributed by atoms with E-state index in [2.05, 4.69) is 27.7 Å². The van der Waals surface area contributed by atoms with Gasteiger partial charge in [-0.05, 0) is 39.0 Å². The molecule has 0 radical (unpaired) electrons. The maximum atomic E-state index is 10.2. The molecule has 1 rings (SSSR count). The van der Waals surface area contributed by atoms with Crippen LogP contribution in [0.2, 0.25) is 0 Å². The second-order valence-corrected chi connectivity index (χ2v) is 5.45. The van der Waals surface area contributed by atoms with Gasteiger partial charge in [0.05, 0.1) is 6.10 Å². The van der Waals surface area contributed by atoms with E-state index in [0.29, 0.717) is 0 Å². The zero-order chi connectivity index (χ0) is 11.6. The fraction of sp³-hybridized carbons (Fsp3) is 0.714. The van der Waals surface area contributed by atoms with Gasteiger partial charge >= 0.3 is 0 Å². The van der Waals surface area contributed by atoms with Gasteiger partial charge in [-0.15, -0.1) is 0 Å². The van der Waals surface area contributed by atoms with E-state index in [9.17, 15) is 5.11 Å². The van der Waals surface area contributed by atoms with Crippen molar-refractivity contribution in [3.63, 3.8) is 0 Å². The molecule has 0 aromatic rings. The number of rotatable bonds is 2. The van der Waals surface area contributed by atoms with Gasteiger partial charge in [-0.1, -0.05) is 37.1 Å². The molecule has 0 heterocycles. The minimum absolute atomic E-state index is 0.211. The lowest BCUT2D eigenvalue weighted by atomic mass is 9.64. The van der Waals surface area contributed by atoms with Crippen LogP contribution in [-0.2, 0) is 0 Å². The quantitative estimate of drug-likeness (QED) is 0.686. The normalized spacial score (nSPS) is 28.5. The molecule has 0 spiro atoms. The zero-order valence-corrected chi connectivity index (χ0v) is 10.7. The molecule has 2 unspecified atom stereocenters. The summed E-state index contributed by atoms with van der Waals surface area (Å²) >= 11 is 0. The van der Waals surface area contributed by atoms with Crippen LogP contribution in [0, 0.1) is 11.3 Å². The molecule has 0 aromatic carbocycles. The van der Waals surface area contributed by atoms with Crippen LogP contribution in [0.3, 0.4) is 0 Å². The summed E-state index contributed by atoms with van der Waals surface area (Å²) in [7, 11) is 0. The SMILES string of the molecule is C/C=C/C(O)C1C(C)=C(C)CCC1(C)C. The lowest BCUT2D eigenvalue weighted by Gasteiger charge is -2.42. The Morgan fingerprint density at radius 2 is 2.00 bits per heavy atom. The molecule has 86 valence electrons. The lowest BCUT2D eigenvalue weighted by Crippen LogP contribution is -2.37. The molecule has 2 atom stereocenters. The molecule has 0 saturated carbocycles. The number of hydrogen-bond donors (Lipinski definition) is 1. The highest BCUT2D eigenvalue weighted by molar-refractivity contribution is 5.22. The maximum Gasteiger partial charge on any atom is 0.0791 e. The molecule has 1 nitrogen and oxygen atoms in total. The van der Waals surface area contributed by atoms with Crippen molar-refractivity contribution >= 4 is 0 Å². The summed E-state index contributed by atoms with van der Waals surface area (Å²) in [6.07, 6.45) is 5.88. The van der Waals surface area contributed by atoms with Crippen molar-refractivity contribution in [3.05, 3.63) is 23.3 Å². The van der Waals surface area contributed by atoms with Gasteiger partial charge in [-0.25, -0.2) is 0 Å². The highest BCUT2D eigenvalue weighted by Gasteiger charge is 2.38. The smallest absolute Gasteiger partial charge is 0.0791 e. The van der Waals surface area contributed by atoms with Crippen LogP contribution in [0.15, 0.2) is 23.3 Å². The molecular formula is C14H24O. The number of allylic oxidation sites excluding steroid dienone is 2. The van der Waals surface area contributed by atoms with Gasteiger partial charge in [-0.2, -0.15) is 0 Å². The average molecular weight is 208 g/mol. The third kappa shape index (κ3) is 2.52. The molecule has 0 aliphatic heterocycles. The Morgan fingerprint density at radius 1 is 1.40 bits per heavy atom. The number of aliphatic hydroxyl groups is 1. The highest BCUT2D eigenvalue weighted by Crippen LogP contribution is 2.45. The van der Waals surface area contributed by atoms with E-state index in [1.54, 1.807) is 0 Å². The van der Waals surface area contributed by atoms with Crippen molar-refractivity contribution in [1.29, 1.82) is 0 Å². The van der Waals surface area contributed by atoms with Crippen molar-refractivity contribution in [2.24, 2.45) is 11.3 Å². The summed E-state index contributed by atoms with van der Waals surface area (Å²) < 4.78 is 0. The minimum Gasteiger partial charge on any atom is -0.388 e. The fourth-order valence-corrected chi connectivity index (χ4v) is 2.74. The summed E-state index contributed by atoms with van der Waals surface area (Å²) in [5, 5.41) is 10.2. The van der Waals surface area contributed by atoms with Crippen LogP contribution in [0.4, 0.5) is 0 Å². The average Bonchev–Trinajstić information content (AvgIpc) is 2.12. The first kappa shape index (κ1) is 12.5. The summed E-state index contributed by atoms with van der Waals surface area (Å²) in [6, 6.07) is 0. The van der Waals surface area contributed by atoms with E-state index in [1.807, 2.05) is 19.1 Å². The molecule has 0 aromatic heterocycles. The van der Waals surface area contributed by atoms with Gasteiger partial charge < -0.3 is 5.11 Å². The van der Waals surface area contributed by atoms with Crippen LogP contribution in [0.25, 0.3) is 0 Å². The fourth-order valence-electron chi connectivity index (χ4n) is 2.74. The van der Waals surface area contributed by atoms with Gasteiger partial charge in [0.2, 0.25) is 0 Å². The second kappa shape index (κ2) is 4.52. The Balaban J connectivity index is 3.03. The third-order valence-electron chi connectivity index (χ3n) is 3.86. The van der Waals surface area contributed by atoms with Crippen molar-refractivity contribution in [3.8, 4) is 0 Å². The van der Waals surface area contributed by atoms with Gasteiger partial charge in [0.15, 0.2) is 0 Å². The maximum absolute atomic E-state index is 10.2. The largest absolute Gasteiger partial charge is 0.388 e. The molecule has 1 aliphatic carbocycles. The predicted octanol–water partition coefficient (Wildman–Crippen LogP) is 3.70. The predicted molar refractivity (Wildman–Crippen MR) is 65.7 cm³/mol.